The Hall–Kier alpha value is -1.51. The van der Waals surface area contributed by atoms with Gasteiger partial charge in [0, 0.05) is 19.4 Å². The van der Waals surface area contributed by atoms with Crippen molar-refractivity contribution in [2.24, 2.45) is 5.73 Å². The molecule has 10 heteroatoms. The molecule has 0 heterocycles. The van der Waals surface area contributed by atoms with Crippen LogP contribution in [-0.4, -0.2) is 49.3 Å². The van der Waals surface area contributed by atoms with E-state index in [0.29, 0.717) is 6.42 Å². The number of rotatable bonds is 40. The average Bonchev–Trinajstić information content (AvgIpc) is 3.11. The van der Waals surface area contributed by atoms with Crippen molar-refractivity contribution in [1.29, 1.82) is 0 Å². The van der Waals surface area contributed by atoms with E-state index >= 15 is 0 Å². The molecule has 2 atom stereocenters. The largest absolute Gasteiger partial charge is 0.472 e. The van der Waals surface area contributed by atoms with Crippen LogP contribution in [0.25, 0.3) is 0 Å². The lowest BCUT2D eigenvalue weighted by molar-refractivity contribution is -0.161. The second kappa shape index (κ2) is 38.2. The highest BCUT2D eigenvalue weighted by Gasteiger charge is 2.26. The standard InChI is InChI=1S/C41H78NO8P/c1-3-5-7-9-11-13-15-17-19-21-23-25-27-29-31-33-40(43)47-37-39(38-49-51(45,46)48-36-35-42)50-41(44)34-32-30-28-26-24-22-20-18-16-14-12-10-8-6-4-2/h3,10,12,39H,1,4-9,11,13-38,42H2,2H3,(H,45,46)/b12-10+/t39-/m1/s1. The lowest BCUT2D eigenvalue weighted by Crippen LogP contribution is -2.29. The number of ether oxygens (including phenoxy) is 2. The van der Waals surface area contributed by atoms with E-state index in [1.54, 1.807) is 0 Å². The Morgan fingerprint density at radius 3 is 1.53 bits per heavy atom. The van der Waals surface area contributed by atoms with Crippen molar-refractivity contribution < 1.29 is 37.6 Å². The van der Waals surface area contributed by atoms with Crippen LogP contribution in [0.2, 0.25) is 0 Å². The Bertz CT molecular complexity index is 884. The third kappa shape index (κ3) is 38.0. The van der Waals surface area contributed by atoms with Gasteiger partial charge < -0.3 is 20.1 Å². The first-order valence-electron chi connectivity index (χ1n) is 20.8. The molecule has 0 saturated carbocycles. The van der Waals surface area contributed by atoms with Gasteiger partial charge in [0.1, 0.15) is 6.61 Å². The van der Waals surface area contributed by atoms with Crippen molar-refractivity contribution in [2.45, 2.75) is 199 Å². The number of carbonyl (C=O) groups excluding carboxylic acids is 2. The minimum Gasteiger partial charge on any atom is -0.462 e. The van der Waals surface area contributed by atoms with Crippen LogP contribution in [-0.2, 0) is 32.7 Å². The molecule has 0 rings (SSSR count). The number of carbonyl (C=O) groups is 2. The number of phosphoric ester groups is 1. The molecule has 0 saturated heterocycles. The second-order valence-electron chi connectivity index (χ2n) is 13.9. The molecule has 0 radical (unpaired) electrons. The van der Waals surface area contributed by atoms with Gasteiger partial charge >= 0.3 is 19.8 Å². The van der Waals surface area contributed by atoms with Crippen LogP contribution in [0.1, 0.15) is 193 Å². The summed E-state index contributed by atoms with van der Waals surface area (Å²) in [4.78, 5) is 34.8. The Balaban J connectivity index is 4.14. The van der Waals surface area contributed by atoms with Crippen LogP contribution in [0, 0.1) is 0 Å². The number of hydrogen-bond donors (Lipinski definition) is 2. The molecule has 300 valence electrons. The van der Waals surface area contributed by atoms with Gasteiger partial charge in [-0.3, -0.25) is 18.6 Å². The molecule has 0 spiro atoms. The minimum absolute atomic E-state index is 0.0538. The molecular weight excluding hydrogens is 665 g/mol. The van der Waals surface area contributed by atoms with Gasteiger partial charge in [0.05, 0.1) is 13.2 Å². The Morgan fingerprint density at radius 1 is 0.627 bits per heavy atom. The maximum absolute atomic E-state index is 12.6. The molecule has 3 N–H and O–H groups in total. The molecular formula is C41H78NO8P. The first kappa shape index (κ1) is 49.5. The van der Waals surface area contributed by atoms with E-state index in [-0.39, 0.29) is 38.6 Å². The van der Waals surface area contributed by atoms with Crippen LogP contribution in [0.15, 0.2) is 24.8 Å². The van der Waals surface area contributed by atoms with Gasteiger partial charge in [-0.15, -0.1) is 6.58 Å². The Kier molecular flexibility index (Phi) is 37.1. The van der Waals surface area contributed by atoms with Gasteiger partial charge in [0.2, 0.25) is 0 Å². The molecule has 0 aliphatic rings. The summed E-state index contributed by atoms with van der Waals surface area (Å²) < 4.78 is 32.7. The van der Waals surface area contributed by atoms with Crippen molar-refractivity contribution in [3.05, 3.63) is 24.8 Å². The average molecular weight is 744 g/mol. The molecule has 0 amide bonds. The van der Waals surface area contributed by atoms with E-state index in [1.165, 1.54) is 122 Å². The molecule has 1 unspecified atom stereocenters. The zero-order valence-electron chi connectivity index (χ0n) is 32.7. The number of allylic oxidation sites excluding steroid dienone is 3. The first-order valence-corrected chi connectivity index (χ1v) is 22.3. The van der Waals surface area contributed by atoms with Crippen LogP contribution < -0.4 is 5.73 Å². The maximum atomic E-state index is 12.6. The molecule has 0 aliphatic carbocycles. The maximum Gasteiger partial charge on any atom is 0.472 e. The topological polar surface area (TPSA) is 134 Å². The summed E-state index contributed by atoms with van der Waals surface area (Å²) in [5.74, 6) is -0.829. The fourth-order valence-corrected chi connectivity index (χ4v) is 6.60. The predicted octanol–water partition coefficient (Wildman–Crippen LogP) is 11.6. The van der Waals surface area contributed by atoms with Gasteiger partial charge in [-0.25, -0.2) is 4.57 Å². The zero-order chi connectivity index (χ0) is 37.5. The number of esters is 2. The highest BCUT2D eigenvalue weighted by molar-refractivity contribution is 7.47. The van der Waals surface area contributed by atoms with Gasteiger partial charge in [0.25, 0.3) is 0 Å². The molecule has 0 aromatic heterocycles. The third-order valence-electron chi connectivity index (χ3n) is 8.96. The summed E-state index contributed by atoms with van der Waals surface area (Å²) in [5.41, 5.74) is 5.34. The molecule has 0 aliphatic heterocycles. The van der Waals surface area contributed by atoms with E-state index in [1.807, 2.05) is 6.08 Å². The number of unbranched alkanes of at least 4 members (excludes halogenated alkanes) is 24. The van der Waals surface area contributed by atoms with Gasteiger partial charge in [0.15, 0.2) is 6.10 Å². The molecule has 0 aromatic carbocycles. The lowest BCUT2D eigenvalue weighted by Gasteiger charge is -2.19. The van der Waals surface area contributed by atoms with Gasteiger partial charge in [-0.1, -0.05) is 154 Å². The van der Waals surface area contributed by atoms with Crippen molar-refractivity contribution in [3.8, 4) is 0 Å². The number of phosphoric acid groups is 1. The summed E-state index contributed by atoms with van der Waals surface area (Å²) in [5, 5.41) is 0. The number of nitrogens with two attached hydrogens (primary N) is 1. The Labute approximate surface area is 312 Å². The predicted molar refractivity (Wildman–Crippen MR) is 211 cm³/mol. The fraction of sp³-hybridized carbons (Fsp3) is 0.854. The van der Waals surface area contributed by atoms with Gasteiger partial charge in [-0.2, -0.15) is 0 Å². The first-order chi connectivity index (χ1) is 24.8. The third-order valence-corrected chi connectivity index (χ3v) is 9.94. The highest BCUT2D eigenvalue weighted by Crippen LogP contribution is 2.43. The fourth-order valence-electron chi connectivity index (χ4n) is 5.83. The number of hydrogen-bond acceptors (Lipinski definition) is 8. The monoisotopic (exact) mass is 744 g/mol. The van der Waals surface area contributed by atoms with E-state index in [0.717, 1.165) is 44.9 Å². The SMILES string of the molecule is C=CCCCCCCCCCCCCCCCC(=O)OC[C@H](COP(=O)(O)OCCN)OC(=O)CCCCCCCCCCC/C=C/CCCC. The van der Waals surface area contributed by atoms with Crippen LogP contribution in [0.3, 0.4) is 0 Å². The van der Waals surface area contributed by atoms with Crippen molar-refractivity contribution in [1.82, 2.24) is 0 Å². The molecule has 0 fully saturated rings. The van der Waals surface area contributed by atoms with E-state index in [4.69, 9.17) is 24.3 Å². The zero-order valence-corrected chi connectivity index (χ0v) is 33.6. The molecule has 51 heavy (non-hydrogen) atoms. The minimum atomic E-state index is -4.37. The second-order valence-corrected chi connectivity index (χ2v) is 15.4. The summed E-state index contributed by atoms with van der Waals surface area (Å²) in [6.45, 7) is 5.23. The van der Waals surface area contributed by atoms with E-state index in [9.17, 15) is 19.0 Å². The van der Waals surface area contributed by atoms with Crippen LogP contribution >= 0.6 is 7.82 Å². The van der Waals surface area contributed by atoms with Crippen molar-refractivity contribution in [3.63, 3.8) is 0 Å². The molecule has 0 bridgehead atoms. The molecule has 0 aromatic rings. The quantitative estimate of drug-likeness (QED) is 0.0272. The summed E-state index contributed by atoms with van der Waals surface area (Å²) >= 11 is 0. The van der Waals surface area contributed by atoms with E-state index < -0.39 is 26.5 Å². The highest BCUT2D eigenvalue weighted by atomic mass is 31.2. The Morgan fingerprint density at radius 2 is 1.06 bits per heavy atom. The van der Waals surface area contributed by atoms with Crippen LogP contribution in [0.5, 0.6) is 0 Å². The van der Waals surface area contributed by atoms with Crippen LogP contribution in [0.4, 0.5) is 0 Å². The summed E-state index contributed by atoms with van der Waals surface area (Å²) in [6, 6.07) is 0. The molecule has 9 nitrogen and oxygen atoms in total. The van der Waals surface area contributed by atoms with Crippen molar-refractivity contribution in [2.75, 3.05) is 26.4 Å². The lowest BCUT2D eigenvalue weighted by atomic mass is 10.0. The van der Waals surface area contributed by atoms with E-state index in [2.05, 4.69) is 25.7 Å². The van der Waals surface area contributed by atoms with Gasteiger partial charge in [-0.05, 0) is 44.9 Å². The normalized spacial score (nSPS) is 13.3. The smallest absolute Gasteiger partial charge is 0.462 e. The summed E-state index contributed by atoms with van der Waals surface area (Å²) in [6.07, 6.45) is 38.1. The summed E-state index contributed by atoms with van der Waals surface area (Å²) in [7, 11) is -4.37. The van der Waals surface area contributed by atoms with Crippen molar-refractivity contribution >= 4 is 19.8 Å².